The van der Waals surface area contributed by atoms with E-state index in [1.165, 1.54) is 24.3 Å². The van der Waals surface area contributed by atoms with E-state index in [2.05, 4.69) is 25.8 Å². The van der Waals surface area contributed by atoms with Crippen molar-refractivity contribution in [2.75, 3.05) is 31.6 Å². The lowest BCUT2D eigenvalue weighted by Crippen LogP contribution is -2.57. The quantitative estimate of drug-likeness (QED) is 0.487. The van der Waals surface area contributed by atoms with Gasteiger partial charge in [-0.15, -0.1) is 11.3 Å². The number of hydrogen-bond acceptors (Lipinski definition) is 6. The summed E-state index contributed by atoms with van der Waals surface area (Å²) < 4.78 is 0. The molecule has 2 rings (SSSR count). The smallest absolute Gasteiger partial charge is 0.304 e. The van der Waals surface area contributed by atoms with E-state index in [1.54, 1.807) is 0 Å². The fourth-order valence-electron chi connectivity index (χ4n) is 2.32. The second-order valence-corrected chi connectivity index (χ2v) is 6.80. The van der Waals surface area contributed by atoms with Crippen molar-refractivity contribution in [3.05, 3.63) is 21.1 Å². The number of Topliss-reactive ketones (excluding diaryl/α,β-unsaturated/α-hetero) is 1. The van der Waals surface area contributed by atoms with Gasteiger partial charge in [0, 0.05) is 31.2 Å². The average molecular weight is 297 g/mol. The molecule has 20 heavy (non-hydrogen) atoms. The van der Waals surface area contributed by atoms with Gasteiger partial charge in [-0.3, -0.25) is 19.8 Å². The molecule has 0 spiro atoms. The van der Waals surface area contributed by atoms with Crippen LogP contribution in [-0.4, -0.2) is 47.8 Å². The van der Waals surface area contributed by atoms with E-state index in [9.17, 15) is 14.9 Å². The number of carbonyl (C=O) groups is 1. The highest BCUT2D eigenvalue weighted by molar-refractivity contribution is 7.18. The number of thiophene rings is 1. The predicted octanol–water partition coefficient (Wildman–Crippen LogP) is 2.39. The van der Waals surface area contributed by atoms with Crippen molar-refractivity contribution in [2.45, 2.75) is 26.3 Å². The Hall–Kier alpha value is -1.47. The van der Waals surface area contributed by atoms with Crippen molar-refractivity contribution in [3.63, 3.8) is 0 Å². The van der Waals surface area contributed by atoms with E-state index in [0.717, 1.165) is 13.1 Å². The summed E-state index contributed by atoms with van der Waals surface area (Å²) in [5.41, 5.74) is -0.00693. The van der Waals surface area contributed by atoms with Crippen LogP contribution in [-0.2, 0) is 0 Å². The number of hydrogen-bond donors (Lipinski definition) is 0. The van der Waals surface area contributed by atoms with E-state index in [4.69, 9.17) is 0 Å². The van der Waals surface area contributed by atoms with E-state index < -0.39 is 4.92 Å². The van der Waals surface area contributed by atoms with Crippen LogP contribution in [0.3, 0.4) is 0 Å². The molecule has 0 N–H and O–H groups in total. The Labute approximate surface area is 122 Å². The first-order valence-electron chi connectivity index (χ1n) is 6.48. The van der Waals surface area contributed by atoms with Crippen LogP contribution in [0.2, 0.25) is 0 Å². The summed E-state index contributed by atoms with van der Waals surface area (Å²) in [4.78, 5) is 27.0. The Bertz CT molecular complexity index is 553. The fourth-order valence-corrected chi connectivity index (χ4v) is 3.36. The first-order chi connectivity index (χ1) is 9.22. The third-order valence-electron chi connectivity index (χ3n) is 3.84. The Kier molecular flexibility index (Phi) is 3.84. The lowest BCUT2D eigenvalue weighted by atomic mass is 10.00. The van der Waals surface area contributed by atoms with Crippen LogP contribution in [0.25, 0.3) is 0 Å². The van der Waals surface area contributed by atoms with Crippen LogP contribution in [0, 0.1) is 10.1 Å². The van der Waals surface area contributed by atoms with Crippen molar-refractivity contribution in [2.24, 2.45) is 0 Å². The molecule has 1 fully saturated rings. The molecule has 110 valence electrons. The van der Waals surface area contributed by atoms with Gasteiger partial charge < -0.3 is 4.90 Å². The standard InChI is InChI=1S/C13H19N3O3S/c1-9(17)11-7-10(16(18)19)12(20-11)15-6-5-14(4)13(2,3)8-15/h7H,5-6,8H2,1-4H3. The summed E-state index contributed by atoms with van der Waals surface area (Å²) in [6.07, 6.45) is 0. The molecule has 1 aliphatic heterocycles. The number of anilines is 1. The largest absolute Gasteiger partial charge is 0.355 e. The normalized spacial score (nSPS) is 19.1. The Morgan fingerprint density at radius 3 is 2.60 bits per heavy atom. The first-order valence-corrected chi connectivity index (χ1v) is 7.29. The van der Waals surface area contributed by atoms with E-state index in [1.807, 2.05) is 4.90 Å². The lowest BCUT2D eigenvalue weighted by Gasteiger charge is -2.45. The number of carbonyl (C=O) groups excluding carboxylic acids is 1. The second-order valence-electron chi connectivity index (χ2n) is 5.77. The van der Waals surface area contributed by atoms with Gasteiger partial charge in [0.1, 0.15) is 0 Å². The monoisotopic (exact) mass is 297 g/mol. The lowest BCUT2D eigenvalue weighted by molar-refractivity contribution is -0.383. The average Bonchev–Trinajstić information content (AvgIpc) is 2.77. The van der Waals surface area contributed by atoms with Gasteiger partial charge in [-0.2, -0.15) is 0 Å². The van der Waals surface area contributed by atoms with Gasteiger partial charge in [0.2, 0.25) is 0 Å². The van der Waals surface area contributed by atoms with Crippen LogP contribution in [0.15, 0.2) is 6.07 Å². The molecule has 0 unspecified atom stereocenters. The van der Waals surface area contributed by atoms with Crippen molar-refractivity contribution in [3.8, 4) is 0 Å². The molecule has 0 aromatic carbocycles. The van der Waals surface area contributed by atoms with Gasteiger partial charge >= 0.3 is 5.69 Å². The van der Waals surface area contributed by atoms with Crippen molar-refractivity contribution in [1.29, 1.82) is 0 Å². The van der Waals surface area contributed by atoms with E-state index >= 15 is 0 Å². The number of likely N-dealkylation sites (N-methyl/N-ethyl adjacent to an activating group) is 1. The maximum absolute atomic E-state index is 11.5. The van der Waals surface area contributed by atoms with Crippen LogP contribution in [0.1, 0.15) is 30.4 Å². The van der Waals surface area contributed by atoms with Gasteiger partial charge in [0.25, 0.3) is 0 Å². The minimum Gasteiger partial charge on any atom is -0.355 e. The summed E-state index contributed by atoms with van der Waals surface area (Å²) in [6.45, 7) is 7.96. The predicted molar refractivity (Wildman–Crippen MR) is 79.9 cm³/mol. The van der Waals surface area contributed by atoms with E-state index in [-0.39, 0.29) is 17.0 Å². The maximum Gasteiger partial charge on any atom is 0.304 e. The highest BCUT2D eigenvalue weighted by atomic mass is 32.1. The molecular weight excluding hydrogens is 278 g/mol. The van der Waals surface area contributed by atoms with Gasteiger partial charge in [-0.25, -0.2) is 0 Å². The molecule has 0 radical (unpaired) electrons. The molecule has 1 aliphatic rings. The molecule has 0 amide bonds. The number of ketones is 1. The zero-order valence-corrected chi connectivity index (χ0v) is 13.0. The molecular formula is C13H19N3O3S. The Balaban J connectivity index is 2.37. The first kappa shape index (κ1) is 14.9. The van der Waals surface area contributed by atoms with Crippen molar-refractivity contribution in [1.82, 2.24) is 4.90 Å². The summed E-state index contributed by atoms with van der Waals surface area (Å²) in [5, 5.41) is 11.8. The highest BCUT2D eigenvalue weighted by Gasteiger charge is 2.35. The highest BCUT2D eigenvalue weighted by Crippen LogP contribution is 2.39. The summed E-state index contributed by atoms with van der Waals surface area (Å²) in [6, 6.07) is 1.40. The molecule has 1 aromatic heterocycles. The number of nitro groups is 1. The SMILES string of the molecule is CC(=O)c1cc([N+](=O)[O-])c(N2CCN(C)C(C)(C)C2)s1. The van der Waals surface area contributed by atoms with Crippen LogP contribution in [0.4, 0.5) is 10.7 Å². The second kappa shape index (κ2) is 5.14. The molecule has 7 heteroatoms. The number of piperazine rings is 1. The molecule has 0 bridgehead atoms. The molecule has 0 atom stereocenters. The van der Waals surface area contributed by atoms with Crippen LogP contribution < -0.4 is 4.90 Å². The van der Waals surface area contributed by atoms with Crippen LogP contribution in [0.5, 0.6) is 0 Å². The Morgan fingerprint density at radius 1 is 1.45 bits per heavy atom. The molecule has 2 heterocycles. The minimum absolute atomic E-state index is 0.0422. The topological polar surface area (TPSA) is 66.7 Å². The summed E-state index contributed by atoms with van der Waals surface area (Å²) in [7, 11) is 2.06. The third-order valence-corrected chi connectivity index (χ3v) is 5.13. The molecule has 0 saturated carbocycles. The van der Waals surface area contributed by atoms with Crippen molar-refractivity contribution < 1.29 is 9.72 Å². The minimum atomic E-state index is -0.399. The maximum atomic E-state index is 11.5. The molecule has 1 saturated heterocycles. The number of rotatable bonds is 3. The zero-order valence-electron chi connectivity index (χ0n) is 12.2. The third kappa shape index (κ3) is 2.69. The van der Waals surface area contributed by atoms with E-state index in [0.29, 0.717) is 16.4 Å². The van der Waals surface area contributed by atoms with Gasteiger partial charge in [0.15, 0.2) is 10.8 Å². The summed E-state index contributed by atoms with van der Waals surface area (Å²) in [5.74, 6) is -0.127. The van der Waals surface area contributed by atoms with Gasteiger partial charge in [-0.1, -0.05) is 0 Å². The van der Waals surface area contributed by atoms with Gasteiger partial charge in [-0.05, 0) is 27.8 Å². The summed E-state index contributed by atoms with van der Waals surface area (Å²) >= 11 is 1.22. The van der Waals surface area contributed by atoms with Gasteiger partial charge in [0.05, 0.1) is 9.80 Å². The molecule has 0 aliphatic carbocycles. The Morgan fingerprint density at radius 2 is 2.10 bits per heavy atom. The zero-order chi connectivity index (χ0) is 15.1. The van der Waals surface area contributed by atoms with Crippen molar-refractivity contribution >= 4 is 27.8 Å². The molecule has 1 aromatic rings. The van der Waals surface area contributed by atoms with Crippen LogP contribution >= 0.6 is 11.3 Å². The molecule has 6 nitrogen and oxygen atoms in total. The number of nitrogens with zero attached hydrogens (tertiary/aromatic N) is 3. The fraction of sp³-hybridized carbons (Fsp3) is 0.615.